The minimum Gasteiger partial charge on any atom is -0.378 e. The van der Waals surface area contributed by atoms with E-state index in [1.807, 2.05) is 41.7 Å². The number of nitrogens with one attached hydrogen (secondary N) is 2. The van der Waals surface area contributed by atoms with Gasteiger partial charge in [0.25, 0.3) is 0 Å². The van der Waals surface area contributed by atoms with Crippen LogP contribution in [-0.2, 0) is 19.1 Å². The van der Waals surface area contributed by atoms with Gasteiger partial charge in [-0.2, -0.15) is 0 Å². The Morgan fingerprint density at radius 2 is 1.54 bits per heavy atom. The number of amides is 1. The minimum atomic E-state index is -0.595. The average Bonchev–Trinajstić information content (AvgIpc) is 2.62. The van der Waals surface area contributed by atoms with Gasteiger partial charge < -0.3 is 15.4 Å². The molecule has 0 rings (SSSR count). The van der Waals surface area contributed by atoms with Crippen molar-refractivity contribution in [2.45, 2.75) is 98.3 Å². The SMILES string of the molecule is CNC(C)(C)CCOC(C)CCC(=O)NC(CCC(=O)C(C)C)C(=O)C(C)C. The van der Waals surface area contributed by atoms with Gasteiger partial charge in [0.05, 0.1) is 12.1 Å². The summed E-state index contributed by atoms with van der Waals surface area (Å²) in [6, 6.07) is -0.595. The molecule has 2 atom stereocenters. The molecule has 6 heteroatoms. The van der Waals surface area contributed by atoms with Crippen molar-refractivity contribution in [1.82, 2.24) is 10.6 Å². The fourth-order valence-corrected chi connectivity index (χ4v) is 2.59. The van der Waals surface area contributed by atoms with Crippen LogP contribution in [0.15, 0.2) is 0 Å². The van der Waals surface area contributed by atoms with E-state index >= 15 is 0 Å². The van der Waals surface area contributed by atoms with E-state index in [1.54, 1.807) is 0 Å². The molecule has 0 radical (unpaired) electrons. The third-order valence-electron chi connectivity index (χ3n) is 5.16. The maximum absolute atomic E-state index is 12.4. The predicted molar refractivity (Wildman–Crippen MR) is 113 cm³/mol. The second kappa shape index (κ2) is 13.0. The van der Waals surface area contributed by atoms with Crippen LogP contribution in [0, 0.1) is 11.8 Å². The highest BCUT2D eigenvalue weighted by Crippen LogP contribution is 2.12. The lowest BCUT2D eigenvalue weighted by molar-refractivity contribution is -0.130. The maximum Gasteiger partial charge on any atom is 0.220 e. The summed E-state index contributed by atoms with van der Waals surface area (Å²) in [4.78, 5) is 36.6. The molecule has 0 spiro atoms. The zero-order valence-electron chi connectivity index (χ0n) is 19.2. The number of Topliss-reactive ketones (excluding diaryl/α,β-unsaturated/α-hetero) is 2. The van der Waals surface area contributed by atoms with E-state index in [4.69, 9.17) is 4.74 Å². The molecule has 2 N–H and O–H groups in total. The quantitative estimate of drug-likeness (QED) is 0.442. The zero-order valence-corrected chi connectivity index (χ0v) is 19.2. The summed E-state index contributed by atoms with van der Waals surface area (Å²) in [5, 5.41) is 6.06. The summed E-state index contributed by atoms with van der Waals surface area (Å²) in [6.07, 6.45) is 2.43. The molecule has 0 aromatic heterocycles. The average molecular weight is 399 g/mol. The van der Waals surface area contributed by atoms with Gasteiger partial charge in [0, 0.05) is 36.8 Å². The van der Waals surface area contributed by atoms with Crippen LogP contribution < -0.4 is 10.6 Å². The van der Waals surface area contributed by atoms with Gasteiger partial charge in [0.1, 0.15) is 5.78 Å². The molecule has 0 heterocycles. The van der Waals surface area contributed by atoms with Crippen LogP contribution in [0.2, 0.25) is 0 Å². The van der Waals surface area contributed by atoms with E-state index in [2.05, 4.69) is 24.5 Å². The van der Waals surface area contributed by atoms with Crippen molar-refractivity contribution >= 4 is 17.5 Å². The monoisotopic (exact) mass is 398 g/mol. The van der Waals surface area contributed by atoms with E-state index < -0.39 is 6.04 Å². The van der Waals surface area contributed by atoms with Gasteiger partial charge >= 0.3 is 0 Å². The molecule has 1 amide bonds. The lowest BCUT2D eigenvalue weighted by atomic mass is 9.94. The molecule has 0 aliphatic carbocycles. The standard InChI is InChI=1S/C22H42N2O4/c1-15(2)19(25)11-10-18(21(27)16(3)4)24-20(26)12-9-17(5)28-14-13-22(6,7)23-8/h15-18,23H,9-14H2,1-8H3,(H,24,26). The molecular weight excluding hydrogens is 356 g/mol. The number of rotatable bonds is 15. The van der Waals surface area contributed by atoms with Gasteiger partial charge in [-0.1, -0.05) is 27.7 Å². The molecule has 0 aromatic carbocycles. The summed E-state index contributed by atoms with van der Waals surface area (Å²) in [5.41, 5.74) is 0.0228. The van der Waals surface area contributed by atoms with E-state index in [9.17, 15) is 14.4 Å². The number of hydrogen-bond acceptors (Lipinski definition) is 5. The third kappa shape index (κ3) is 11.5. The highest BCUT2D eigenvalue weighted by molar-refractivity contribution is 5.91. The molecule has 0 aliphatic heterocycles. The molecule has 0 saturated heterocycles. The van der Waals surface area contributed by atoms with E-state index in [1.165, 1.54) is 0 Å². The van der Waals surface area contributed by atoms with E-state index in [0.29, 0.717) is 32.3 Å². The molecule has 0 bridgehead atoms. The fraction of sp³-hybridized carbons (Fsp3) is 0.864. The van der Waals surface area contributed by atoms with Crippen LogP contribution in [0.3, 0.4) is 0 Å². The minimum absolute atomic E-state index is 0.0228. The van der Waals surface area contributed by atoms with Crippen molar-refractivity contribution in [1.29, 1.82) is 0 Å². The Balaban J connectivity index is 4.46. The van der Waals surface area contributed by atoms with Gasteiger partial charge in [-0.05, 0) is 47.1 Å². The summed E-state index contributed by atoms with van der Waals surface area (Å²) in [7, 11) is 1.93. The van der Waals surface area contributed by atoms with Crippen molar-refractivity contribution in [3.63, 3.8) is 0 Å². The van der Waals surface area contributed by atoms with E-state index in [0.717, 1.165) is 6.42 Å². The third-order valence-corrected chi connectivity index (χ3v) is 5.16. The highest BCUT2D eigenvalue weighted by Gasteiger charge is 2.24. The molecule has 164 valence electrons. The summed E-state index contributed by atoms with van der Waals surface area (Å²) >= 11 is 0. The Bertz CT molecular complexity index is 501. The molecule has 2 unspecified atom stereocenters. The van der Waals surface area contributed by atoms with Crippen LogP contribution in [0.25, 0.3) is 0 Å². The van der Waals surface area contributed by atoms with Gasteiger partial charge in [-0.25, -0.2) is 0 Å². The Kier molecular flexibility index (Phi) is 12.5. The molecule has 0 aliphatic rings. The molecule has 6 nitrogen and oxygen atoms in total. The van der Waals surface area contributed by atoms with Crippen LogP contribution >= 0.6 is 0 Å². The molecule has 0 aromatic rings. The highest BCUT2D eigenvalue weighted by atomic mass is 16.5. The first-order valence-electron chi connectivity index (χ1n) is 10.6. The van der Waals surface area contributed by atoms with Crippen LogP contribution in [0.5, 0.6) is 0 Å². The topological polar surface area (TPSA) is 84.5 Å². The van der Waals surface area contributed by atoms with Crippen LogP contribution in [0.4, 0.5) is 0 Å². The van der Waals surface area contributed by atoms with Gasteiger partial charge in [-0.15, -0.1) is 0 Å². The number of hydrogen-bond donors (Lipinski definition) is 2. The number of carbonyl (C=O) groups is 3. The Morgan fingerprint density at radius 1 is 0.929 bits per heavy atom. The number of ether oxygens (including phenoxy) is 1. The molecular formula is C22H42N2O4. The normalized spacial score (nSPS) is 14.2. The lowest BCUT2D eigenvalue weighted by Gasteiger charge is -2.25. The second-order valence-electron chi connectivity index (χ2n) is 8.94. The molecule has 28 heavy (non-hydrogen) atoms. The Hall–Kier alpha value is -1.27. The zero-order chi connectivity index (χ0) is 21.9. The molecule has 0 saturated carbocycles. The van der Waals surface area contributed by atoms with Crippen molar-refractivity contribution in [2.75, 3.05) is 13.7 Å². The first-order chi connectivity index (χ1) is 12.9. The van der Waals surface area contributed by atoms with Crippen molar-refractivity contribution in [2.24, 2.45) is 11.8 Å². The number of carbonyl (C=O) groups excluding carboxylic acids is 3. The smallest absolute Gasteiger partial charge is 0.220 e. The van der Waals surface area contributed by atoms with Gasteiger partial charge in [0.2, 0.25) is 5.91 Å². The van der Waals surface area contributed by atoms with Crippen molar-refractivity contribution < 1.29 is 19.1 Å². The van der Waals surface area contributed by atoms with Crippen molar-refractivity contribution in [3.05, 3.63) is 0 Å². The van der Waals surface area contributed by atoms with Crippen LogP contribution in [-0.4, -0.2) is 48.8 Å². The van der Waals surface area contributed by atoms with Crippen LogP contribution in [0.1, 0.15) is 80.6 Å². The lowest BCUT2D eigenvalue weighted by Crippen LogP contribution is -2.43. The summed E-state index contributed by atoms with van der Waals surface area (Å²) in [6.45, 7) is 14.1. The summed E-state index contributed by atoms with van der Waals surface area (Å²) < 4.78 is 5.79. The predicted octanol–water partition coefficient (Wildman–Crippen LogP) is 3.28. The fourth-order valence-electron chi connectivity index (χ4n) is 2.59. The first-order valence-corrected chi connectivity index (χ1v) is 10.6. The molecule has 0 fully saturated rings. The Morgan fingerprint density at radius 3 is 2.04 bits per heavy atom. The largest absolute Gasteiger partial charge is 0.378 e. The van der Waals surface area contributed by atoms with E-state index in [-0.39, 0.29) is 41.0 Å². The van der Waals surface area contributed by atoms with Gasteiger partial charge in [0.15, 0.2) is 5.78 Å². The Labute approximate surface area is 171 Å². The van der Waals surface area contributed by atoms with Gasteiger partial charge in [-0.3, -0.25) is 14.4 Å². The first kappa shape index (κ1) is 26.7. The van der Waals surface area contributed by atoms with Crippen molar-refractivity contribution in [3.8, 4) is 0 Å². The maximum atomic E-state index is 12.4. The second-order valence-corrected chi connectivity index (χ2v) is 8.94. The summed E-state index contributed by atoms with van der Waals surface area (Å²) in [5.74, 6) is -0.318. The number of ketones is 2.